The quantitative estimate of drug-likeness (QED) is 0.800. The van der Waals surface area contributed by atoms with Gasteiger partial charge in [-0.1, -0.05) is 43.2 Å². The Morgan fingerprint density at radius 2 is 1.84 bits per heavy atom. The summed E-state index contributed by atoms with van der Waals surface area (Å²) in [7, 11) is 0. The minimum absolute atomic E-state index is 0.471. The second kappa shape index (κ2) is 6.89. The average Bonchev–Trinajstić information content (AvgIpc) is 2.91. The molecule has 2 rings (SSSR count). The molecule has 0 aliphatic rings. The Bertz CT molecular complexity index is 510. The van der Waals surface area contributed by atoms with Gasteiger partial charge in [-0.3, -0.25) is 0 Å². The summed E-state index contributed by atoms with van der Waals surface area (Å²) >= 11 is 0. The number of nitrogens with one attached hydrogen (secondary N) is 2. The van der Waals surface area contributed by atoms with E-state index in [1.807, 2.05) is 13.0 Å². The third-order valence-corrected chi connectivity index (χ3v) is 2.92. The largest absolute Gasteiger partial charge is 0.407 e. The Morgan fingerprint density at radius 1 is 1.05 bits per heavy atom. The van der Waals surface area contributed by atoms with E-state index in [2.05, 4.69) is 46.0 Å². The van der Waals surface area contributed by atoms with Crippen molar-refractivity contribution in [3.8, 4) is 0 Å². The summed E-state index contributed by atoms with van der Waals surface area (Å²) in [5, 5.41) is 14.2. The van der Waals surface area contributed by atoms with Crippen LogP contribution >= 0.6 is 0 Å². The maximum absolute atomic E-state index is 5.49. The highest BCUT2D eigenvalue weighted by atomic mass is 16.4. The smallest absolute Gasteiger partial charge is 0.315 e. The molecule has 2 aromatic rings. The fourth-order valence-corrected chi connectivity index (χ4v) is 1.87. The van der Waals surface area contributed by atoms with Crippen LogP contribution in [0.15, 0.2) is 28.7 Å². The molecule has 102 valence electrons. The van der Waals surface area contributed by atoms with E-state index < -0.39 is 0 Å². The van der Waals surface area contributed by atoms with Gasteiger partial charge in [-0.25, -0.2) is 0 Å². The van der Waals surface area contributed by atoms with Crippen LogP contribution in [0.1, 0.15) is 30.9 Å². The van der Waals surface area contributed by atoms with Gasteiger partial charge in [0.15, 0.2) is 0 Å². The molecule has 1 aromatic carbocycles. The lowest BCUT2D eigenvalue weighted by molar-refractivity contribution is 0.481. The molecule has 0 radical (unpaired) electrons. The number of nitrogens with zero attached hydrogens (tertiary/aromatic N) is 2. The third kappa shape index (κ3) is 3.79. The Labute approximate surface area is 113 Å². The number of anilines is 1. The first-order valence-corrected chi connectivity index (χ1v) is 6.67. The van der Waals surface area contributed by atoms with E-state index in [0.717, 1.165) is 13.0 Å². The van der Waals surface area contributed by atoms with E-state index in [1.165, 1.54) is 11.1 Å². The zero-order valence-electron chi connectivity index (χ0n) is 11.4. The maximum atomic E-state index is 5.49. The van der Waals surface area contributed by atoms with Gasteiger partial charge >= 0.3 is 6.01 Å². The molecule has 0 saturated carbocycles. The molecule has 0 atom stereocenters. The first kappa shape index (κ1) is 13.5. The first-order valence-electron chi connectivity index (χ1n) is 6.67. The maximum Gasteiger partial charge on any atom is 0.315 e. The summed E-state index contributed by atoms with van der Waals surface area (Å²) in [5.74, 6) is 0.605. The number of aryl methyl sites for hydroxylation is 1. The molecule has 0 amide bonds. The highest BCUT2D eigenvalue weighted by Crippen LogP contribution is 2.12. The van der Waals surface area contributed by atoms with Crippen molar-refractivity contribution in [3.63, 3.8) is 0 Å². The second-order valence-corrected chi connectivity index (χ2v) is 4.26. The topological polar surface area (TPSA) is 63.0 Å². The van der Waals surface area contributed by atoms with Gasteiger partial charge in [-0.15, -0.1) is 5.10 Å². The molecular weight excluding hydrogens is 240 g/mol. The molecule has 0 unspecified atom stereocenters. The highest BCUT2D eigenvalue weighted by molar-refractivity contribution is 5.30. The molecule has 0 fully saturated rings. The molecule has 5 heteroatoms. The van der Waals surface area contributed by atoms with Crippen LogP contribution in [0.2, 0.25) is 0 Å². The fraction of sp³-hybridized carbons (Fsp3) is 0.429. The number of hydrogen-bond acceptors (Lipinski definition) is 5. The van der Waals surface area contributed by atoms with E-state index >= 15 is 0 Å². The molecule has 0 bridgehead atoms. The van der Waals surface area contributed by atoms with E-state index in [1.54, 1.807) is 0 Å². The summed E-state index contributed by atoms with van der Waals surface area (Å²) in [6, 6.07) is 8.83. The molecule has 19 heavy (non-hydrogen) atoms. The first-order chi connectivity index (χ1) is 9.33. The zero-order chi connectivity index (χ0) is 13.5. The molecule has 1 aromatic heterocycles. The van der Waals surface area contributed by atoms with E-state index in [-0.39, 0.29) is 0 Å². The van der Waals surface area contributed by atoms with Crippen LogP contribution in [0, 0.1) is 0 Å². The summed E-state index contributed by atoms with van der Waals surface area (Å²) < 4.78 is 5.49. The van der Waals surface area contributed by atoms with Gasteiger partial charge in [-0.05, 0) is 24.1 Å². The van der Waals surface area contributed by atoms with E-state index in [4.69, 9.17) is 4.42 Å². The molecule has 0 spiro atoms. The van der Waals surface area contributed by atoms with Crippen molar-refractivity contribution in [2.45, 2.75) is 33.4 Å². The number of benzene rings is 1. The Balaban J connectivity index is 1.93. The summed E-state index contributed by atoms with van der Waals surface area (Å²) in [6.07, 6.45) is 1.02. The van der Waals surface area contributed by atoms with E-state index in [0.29, 0.717) is 25.0 Å². The van der Waals surface area contributed by atoms with Crippen LogP contribution in [0.3, 0.4) is 0 Å². The number of rotatable bonds is 7. The Kier molecular flexibility index (Phi) is 4.92. The number of hydrogen-bond donors (Lipinski definition) is 2. The van der Waals surface area contributed by atoms with Gasteiger partial charge in [0, 0.05) is 6.54 Å². The molecule has 0 aliphatic heterocycles. The van der Waals surface area contributed by atoms with Gasteiger partial charge in [0.05, 0.1) is 6.54 Å². The molecule has 1 heterocycles. The van der Waals surface area contributed by atoms with Crippen LogP contribution in [0.5, 0.6) is 0 Å². The van der Waals surface area contributed by atoms with E-state index in [9.17, 15) is 0 Å². The van der Waals surface area contributed by atoms with Crippen LogP contribution in [-0.4, -0.2) is 16.7 Å². The van der Waals surface area contributed by atoms with Crippen molar-refractivity contribution in [1.29, 1.82) is 0 Å². The van der Waals surface area contributed by atoms with Gasteiger partial charge in [0.25, 0.3) is 0 Å². The molecule has 2 N–H and O–H groups in total. The lowest BCUT2D eigenvalue weighted by Crippen LogP contribution is -2.11. The summed E-state index contributed by atoms with van der Waals surface area (Å²) in [5.41, 5.74) is 2.60. The number of aromatic nitrogens is 2. The minimum Gasteiger partial charge on any atom is -0.407 e. The fourth-order valence-electron chi connectivity index (χ4n) is 1.87. The normalized spacial score (nSPS) is 10.6. The zero-order valence-corrected chi connectivity index (χ0v) is 11.4. The summed E-state index contributed by atoms with van der Waals surface area (Å²) in [6.45, 7) is 6.38. The van der Waals surface area contributed by atoms with Crippen LogP contribution in [0.4, 0.5) is 6.01 Å². The van der Waals surface area contributed by atoms with Gasteiger partial charge in [-0.2, -0.15) is 0 Å². The lowest BCUT2D eigenvalue weighted by atomic mass is 10.1. The molecule has 5 nitrogen and oxygen atoms in total. The highest BCUT2D eigenvalue weighted by Gasteiger charge is 2.06. The van der Waals surface area contributed by atoms with Gasteiger partial charge in [0.1, 0.15) is 0 Å². The van der Waals surface area contributed by atoms with Crippen LogP contribution < -0.4 is 10.6 Å². The molecule has 0 aliphatic carbocycles. The summed E-state index contributed by atoms with van der Waals surface area (Å²) in [4.78, 5) is 0. The third-order valence-electron chi connectivity index (χ3n) is 2.92. The van der Waals surface area contributed by atoms with Crippen LogP contribution in [0.25, 0.3) is 0 Å². The molecular formula is C14H20N4O. The van der Waals surface area contributed by atoms with Crippen LogP contribution in [-0.2, 0) is 19.5 Å². The second-order valence-electron chi connectivity index (χ2n) is 4.26. The van der Waals surface area contributed by atoms with Crippen molar-refractivity contribution in [1.82, 2.24) is 15.5 Å². The van der Waals surface area contributed by atoms with Crippen molar-refractivity contribution in [2.24, 2.45) is 0 Å². The molecule has 0 saturated heterocycles. The predicted octanol–water partition coefficient (Wildman–Crippen LogP) is 2.35. The van der Waals surface area contributed by atoms with Crippen molar-refractivity contribution >= 4 is 6.01 Å². The monoisotopic (exact) mass is 260 g/mol. The Morgan fingerprint density at radius 3 is 2.58 bits per heavy atom. The van der Waals surface area contributed by atoms with Crippen molar-refractivity contribution in [2.75, 3.05) is 11.9 Å². The van der Waals surface area contributed by atoms with Gasteiger partial charge < -0.3 is 15.1 Å². The SMILES string of the molecule is CCNCc1nnc(NCc2ccccc2CC)o1. The average molecular weight is 260 g/mol. The van der Waals surface area contributed by atoms with Gasteiger partial charge in [0.2, 0.25) is 5.89 Å². The predicted molar refractivity (Wildman–Crippen MR) is 74.8 cm³/mol. The standard InChI is InChI=1S/C14H20N4O/c1-3-11-7-5-6-8-12(11)9-16-14-18-17-13(19-14)10-15-4-2/h5-8,15H,3-4,9-10H2,1-2H3,(H,16,18). The minimum atomic E-state index is 0.471. The Hall–Kier alpha value is -1.88. The van der Waals surface area contributed by atoms with Crippen molar-refractivity contribution < 1.29 is 4.42 Å². The lowest BCUT2D eigenvalue weighted by Gasteiger charge is -2.07. The van der Waals surface area contributed by atoms with Crippen molar-refractivity contribution in [3.05, 3.63) is 41.3 Å².